The van der Waals surface area contributed by atoms with Gasteiger partial charge in [0.25, 0.3) is 0 Å². The quantitative estimate of drug-likeness (QED) is 0.319. The summed E-state index contributed by atoms with van der Waals surface area (Å²) in [6.45, 7) is 6.13. The van der Waals surface area contributed by atoms with Gasteiger partial charge in [-0.05, 0) is 64.1 Å². The molecule has 0 aliphatic carbocycles. The first kappa shape index (κ1) is 23.1. The van der Waals surface area contributed by atoms with E-state index in [0.717, 1.165) is 4.47 Å². The van der Waals surface area contributed by atoms with Crippen LogP contribution in [0, 0.1) is 13.8 Å². The van der Waals surface area contributed by atoms with Crippen LogP contribution in [0.2, 0.25) is 0 Å². The summed E-state index contributed by atoms with van der Waals surface area (Å²) in [5.74, 6) is -0.520. The van der Waals surface area contributed by atoms with Crippen molar-refractivity contribution >= 4 is 49.3 Å². The molecule has 8 heteroatoms. The number of hydrogen-bond acceptors (Lipinski definition) is 7. The van der Waals surface area contributed by atoms with Gasteiger partial charge in [-0.1, -0.05) is 15.9 Å². The molecule has 0 unspecified atom stereocenters. The first-order valence-electron chi connectivity index (χ1n) is 9.64. The maximum Gasteiger partial charge on any atom is 0.164 e. The fourth-order valence-electron chi connectivity index (χ4n) is 3.42. The highest BCUT2D eigenvalue weighted by Gasteiger charge is 2.16. The van der Waals surface area contributed by atoms with Crippen LogP contribution < -0.4 is 0 Å². The predicted molar refractivity (Wildman–Crippen MR) is 126 cm³/mol. The molecule has 7 nitrogen and oxygen atoms in total. The molecule has 0 aliphatic heterocycles. The predicted octanol–water partition coefficient (Wildman–Crippen LogP) is 5.37. The van der Waals surface area contributed by atoms with Gasteiger partial charge in [0.15, 0.2) is 11.6 Å². The third-order valence-corrected chi connectivity index (χ3v) is 5.41. The highest BCUT2D eigenvalue weighted by atomic mass is 79.9. The Morgan fingerprint density at radius 2 is 1.19 bits per heavy atom. The van der Waals surface area contributed by atoms with Crippen molar-refractivity contribution in [3.8, 4) is 17.2 Å². The molecule has 0 saturated carbocycles. The van der Waals surface area contributed by atoms with Gasteiger partial charge in [0.05, 0.1) is 33.5 Å². The zero-order chi connectivity index (χ0) is 23.7. The Labute approximate surface area is 192 Å². The second-order valence-electron chi connectivity index (χ2n) is 7.32. The normalized spacial score (nSPS) is 10.7. The molecule has 0 atom stereocenters. The highest BCUT2D eigenvalue weighted by Crippen LogP contribution is 2.32. The number of halogens is 1. The van der Waals surface area contributed by atoms with E-state index in [9.17, 15) is 24.9 Å². The van der Waals surface area contributed by atoms with Gasteiger partial charge in [-0.25, -0.2) is 9.97 Å². The van der Waals surface area contributed by atoms with Crippen LogP contribution in [0.25, 0.3) is 21.8 Å². The minimum atomic E-state index is -0.251. The number of hydrogen-bond donors (Lipinski definition) is 3. The molecule has 2 aromatic heterocycles. The first-order chi connectivity index (χ1) is 15.0. The fraction of sp³-hybridized carbons (Fsp3) is 0.167. The van der Waals surface area contributed by atoms with Crippen LogP contribution >= 0.6 is 15.9 Å². The number of Topliss-reactive ketones (excluding diaryl/α,β-unsaturated/α-hetero) is 2. The topological polar surface area (TPSA) is 121 Å². The van der Waals surface area contributed by atoms with E-state index in [0.29, 0.717) is 38.8 Å². The number of aromatic hydroxyl groups is 3. The van der Waals surface area contributed by atoms with Crippen LogP contribution in [0.5, 0.6) is 17.2 Å². The van der Waals surface area contributed by atoms with Crippen molar-refractivity contribution < 1.29 is 24.9 Å². The number of pyridine rings is 2. The molecular weight excluding hydrogens is 476 g/mol. The van der Waals surface area contributed by atoms with Gasteiger partial charge in [0, 0.05) is 15.2 Å². The summed E-state index contributed by atoms with van der Waals surface area (Å²) in [6.07, 6.45) is 0. The molecule has 0 aliphatic rings. The number of fused-ring (bicyclic) bond motifs is 2. The van der Waals surface area contributed by atoms with Crippen LogP contribution in [0.15, 0.2) is 40.9 Å². The summed E-state index contributed by atoms with van der Waals surface area (Å²) in [6, 6.07) is 10.0. The molecule has 32 heavy (non-hydrogen) atoms. The van der Waals surface area contributed by atoms with E-state index >= 15 is 0 Å². The molecule has 0 saturated heterocycles. The summed E-state index contributed by atoms with van der Waals surface area (Å²) in [5, 5.41) is 30.2. The van der Waals surface area contributed by atoms with E-state index in [1.54, 1.807) is 26.0 Å². The minimum Gasteiger partial charge on any atom is -0.508 e. The van der Waals surface area contributed by atoms with Gasteiger partial charge in [0.1, 0.15) is 17.2 Å². The van der Waals surface area contributed by atoms with Crippen LogP contribution in [0.4, 0.5) is 0 Å². The second kappa shape index (κ2) is 8.92. The number of benzene rings is 2. The minimum absolute atomic E-state index is 0.0295. The van der Waals surface area contributed by atoms with Gasteiger partial charge in [-0.15, -0.1) is 0 Å². The van der Waals surface area contributed by atoms with E-state index < -0.39 is 0 Å². The second-order valence-corrected chi connectivity index (χ2v) is 8.23. The van der Waals surface area contributed by atoms with Crippen LogP contribution in [0.3, 0.4) is 0 Å². The summed E-state index contributed by atoms with van der Waals surface area (Å²) in [5.41, 5.74) is 2.72. The van der Waals surface area contributed by atoms with Crippen LogP contribution in [0.1, 0.15) is 46.0 Å². The van der Waals surface area contributed by atoms with E-state index in [-0.39, 0.29) is 34.4 Å². The molecule has 164 valence electrons. The Morgan fingerprint density at radius 1 is 0.750 bits per heavy atom. The lowest BCUT2D eigenvalue weighted by Gasteiger charge is -2.08. The van der Waals surface area contributed by atoms with Gasteiger partial charge < -0.3 is 15.3 Å². The van der Waals surface area contributed by atoms with E-state index in [1.807, 2.05) is 12.1 Å². The monoisotopic (exact) mass is 496 g/mol. The number of aryl methyl sites for hydroxylation is 2. The molecule has 0 amide bonds. The van der Waals surface area contributed by atoms with Gasteiger partial charge in [-0.3, -0.25) is 9.59 Å². The molecule has 0 fully saturated rings. The molecule has 0 bridgehead atoms. The van der Waals surface area contributed by atoms with Crippen molar-refractivity contribution in [3.05, 3.63) is 63.4 Å². The maximum absolute atomic E-state index is 11.5. The lowest BCUT2D eigenvalue weighted by atomic mass is 10.0. The zero-order valence-corrected chi connectivity index (χ0v) is 19.5. The Kier molecular flexibility index (Phi) is 6.45. The average Bonchev–Trinajstić information content (AvgIpc) is 2.70. The number of phenols is 1. The molecule has 4 rings (SSSR count). The molecule has 2 heterocycles. The van der Waals surface area contributed by atoms with Crippen molar-refractivity contribution in [2.45, 2.75) is 27.7 Å². The Bertz CT molecular complexity index is 1290. The van der Waals surface area contributed by atoms with Gasteiger partial charge in [0.2, 0.25) is 0 Å². The summed E-state index contributed by atoms with van der Waals surface area (Å²) in [7, 11) is 0. The number of carbonyl (C=O) groups is 2. The maximum atomic E-state index is 11.5. The number of rotatable bonds is 2. The molecule has 0 spiro atoms. The SMILES string of the molecule is CC(=O)c1c(O)c(C)nc2ccc(Br)cc12.CC(=O)c1c(O)c(C)nc2ccc(O)cc12. The lowest BCUT2D eigenvalue weighted by Crippen LogP contribution is -1.98. The first-order valence-corrected chi connectivity index (χ1v) is 10.4. The van der Waals surface area contributed by atoms with Crippen LogP contribution in [-0.4, -0.2) is 36.9 Å². The average molecular weight is 497 g/mol. The fourth-order valence-corrected chi connectivity index (χ4v) is 3.79. The Balaban J connectivity index is 0.000000181. The summed E-state index contributed by atoms with van der Waals surface area (Å²) >= 11 is 3.34. The third-order valence-electron chi connectivity index (χ3n) is 4.92. The van der Waals surface area contributed by atoms with E-state index in [1.165, 1.54) is 26.0 Å². The number of ketones is 2. The molecule has 4 aromatic rings. The lowest BCUT2D eigenvalue weighted by molar-refractivity contribution is 0.100. The largest absolute Gasteiger partial charge is 0.508 e. The smallest absolute Gasteiger partial charge is 0.164 e. The Hall–Kier alpha value is -3.52. The van der Waals surface area contributed by atoms with Gasteiger partial charge in [-0.2, -0.15) is 0 Å². The molecular formula is C24H21BrN2O5. The molecule has 2 aromatic carbocycles. The van der Waals surface area contributed by atoms with Crippen molar-refractivity contribution in [2.24, 2.45) is 0 Å². The third kappa shape index (κ3) is 4.40. The van der Waals surface area contributed by atoms with Crippen molar-refractivity contribution in [3.63, 3.8) is 0 Å². The molecule has 0 radical (unpaired) electrons. The van der Waals surface area contributed by atoms with Crippen molar-refractivity contribution in [1.29, 1.82) is 0 Å². The van der Waals surface area contributed by atoms with Gasteiger partial charge >= 0.3 is 0 Å². The highest BCUT2D eigenvalue weighted by molar-refractivity contribution is 9.10. The van der Waals surface area contributed by atoms with E-state index in [2.05, 4.69) is 25.9 Å². The van der Waals surface area contributed by atoms with E-state index in [4.69, 9.17) is 0 Å². The van der Waals surface area contributed by atoms with Crippen molar-refractivity contribution in [1.82, 2.24) is 9.97 Å². The number of carbonyl (C=O) groups excluding carboxylic acids is 2. The van der Waals surface area contributed by atoms with Crippen molar-refractivity contribution in [2.75, 3.05) is 0 Å². The molecule has 3 N–H and O–H groups in total. The van der Waals surface area contributed by atoms with Crippen LogP contribution in [-0.2, 0) is 0 Å². The summed E-state index contributed by atoms with van der Waals surface area (Å²) in [4.78, 5) is 31.4. The number of phenolic OH excluding ortho intramolecular Hbond substituents is 1. The number of nitrogens with zero attached hydrogens (tertiary/aromatic N) is 2. The Morgan fingerprint density at radius 3 is 1.66 bits per heavy atom. The standard InChI is InChI=1S/C12H10BrNO2.C12H11NO3/c1-6-12(16)11(7(2)15)9-5-8(13)3-4-10(9)14-6;1-6-12(16)11(7(2)14)9-5-8(15)3-4-10(9)13-6/h3-5,16H,1-2H3;3-5,15-16H,1-2H3. The zero-order valence-electron chi connectivity index (χ0n) is 17.9. The summed E-state index contributed by atoms with van der Waals surface area (Å²) < 4.78 is 0.854. The number of aromatic nitrogens is 2.